The number of carbonyl (C=O) groups excluding carboxylic acids is 2. The van der Waals surface area contributed by atoms with E-state index in [0.717, 1.165) is 33.4 Å². The number of hydrogen-bond acceptors (Lipinski definition) is 6. The second-order valence-corrected chi connectivity index (χ2v) is 7.49. The van der Waals surface area contributed by atoms with Crippen LogP contribution in [0, 0.1) is 6.92 Å². The Labute approximate surface area is 184 Å². The van der Waals surface area contributed by atoms with Crippen molar-refractivity contribution in [1.29, 1.82) is 0 Å². The van der Waals surface area contributed by atoms with Gasteiger partial charge in [0.25, 0.3) is 5.91 Å². The summed E-state index contributed by atoms with van der Waals surface area (Å²) in [6, 6.07) is 14.5. The molecule has 0 bridgehead atoms. The zero-order valence-electron chi connectivity index (χ0n) is 17.5. The molecule has 0 saturated heterocycles. The molecule has 0 fully saturated rings. The Bertz CT molecular complexity index is 1340. The molecular weight excluding hydrogens is 404 g/mol. The van der Waals surface area contributed by atoms with E-state index in [2.05, 4.69) is 20.3 Å². The summed E-state index contributed by atoms with van der Waals surface area (Å²) in [7, 11) is 0. The van der Waals surface area contributed by atoms with Crippen LogP contribution in [0.2, 0.25) is 0 Å². The van der Waals surface area contributed by atoms with Crippen LogP contribution in [0.25, 0.3) is 10.9 Å². The number of benzene rings is 1. The molecule has 3 aromatic heterocycles. The molecule has 1 aromatic carbocycles. The molecular formula is C24H22N6O2. The van der Waals surface area contributed by atoms with Crippen molar-refractivity contribution in [2.45, 2.75) is 19.9 Å². The number of nitrogens with two attached hydrogens (primary N) is 2. The summed E-state index contributed by atoms with van der Waals surface area (Å²) in [6.07, 6.45) is 3.61. The van der Waals surface area contributed by atoms with Crippen LogP contribution in [-0.2, 0) is 13.0 Å². The van der Waals surface area contributed by atoms with Crippen LogP contribution in [0.3, 0.4) is 0 Å². The van der Waals surface area contributed by atoms with Gasteiger partial charge in [-0.15, -0.1) is 0 Å². The quantitative estimate of drug-likeness (QED) is 0.433. The average molecular weight is 426 g/mol. The van der Waals surface area contributed by atoms with Crippen LogP contribution in [0.5, 0.6) is 0 Å². The van der Waals surface area contributed by atoms with E-state index >= 15 is 0 Å². The third kappa shape index (κ3) is 4.70. The van der Waals surface area contributed by atoms with Gasteiger partial charge >= 0.3 is 0 Å². The minimum Gasteiger partial charge on any atom is -0.384 e. The molecule has 0 radical (unpaired) electrons. The maximum atomic E-state index is 12.6. The highest BCUT2D eigenvalue weighted by molar-refractivity contribution is 5.96. The number of hydrogen-bond donors (Lipinski definition) is 3. The van der Waals surface area contributed by atoms with Crippen LogP contribution in [0.4, 0.5) is 5.82 Å². The van der Waals surface area contributed by atoms with Gasteiger partial charge in [-0.05, 0) is 54.4 Å². The van der Waals surface area contributed by atoms with Crippen molar-refractivity contribution < 1.29 is 9.59 Å². The Hall–Kier alpha value is -4.33. The maximum absolute atomic E-state index is 12.6. The van der Waals surface area contributed by atoms with Gasteiger partial charge in [-0.1, -0.05) is 12.1 Å². The number of nitrogens with zero attached hydrogens (tertiary/aromatic N) is 3. The first kappa shape index (κ1) is 20.9. The van der Waals surface area contributed by atoms with Crippen LogP contribution in [0.15, 0.2) is 60.9 Å². The van der Waals surface area contributed by atoms with E-state index in [9.17, 15) is 9.59 Å². The number of nitrogen functional groups attached to an aromatic ring is 1. The fourth-order valence-electron chi connectivity index (χ4n) is 3.42. The highest BCUT2D eigenvalue weighted by Gasteiger charge is 2.10. The summed E-state index contributed by atoms with van der Waals surface area (Å²) < 4.78 is 0. The van der Waals surface area contributed by atoms with Gasteiger partial charge in [-0.2, -0.15) is 0 Å². The number of anilines is 1. The lowest BCUT2D eigenvalue weighted by Gasteiger charge is -2.09. The SMILES string of the molecule is Cc1nc(N)ccc1CNC(=O)c1ccnc(Cc2ccc3ncc(C(N)=O)cc3c2)c1. The van der Waals surface area contributed by atoms with Crippen molar-refractivity contribution in [1.82, 2.24) is 20.3 Å². The monoisotopic (exact) mass is 426 g/mol. The van der Waals surface area contributed by atoms with E-state index in [0.29, 0.717) is 29.9 Å². The fraction of sp³-hybridized carbons (Fsp3) is 0.125. The minimum absolute atomic E-state index is 0.196. The lowest BCUT2D eigenvalue weighted by Crippen LogP contribution is -2.23. The van der Waals surface area contributed by atoms with Crippen LogP contribution >= 0.6 is 0 Å². The second-order valence-electron chi connectivity index (χ2n) is 7.49. The molecule has 0 saturated carbocycles. The molecule has 0 aliphatic carbocycles. The van der Waals surface area contributed by atoms with E-state index in [1.54, 1.807) is 30.5 Å². The number of aryl methyl sites for hydroxylation is 1. The van der Waals surface area contributed by atoms with Gasteiger partial charge in [0.1, 0.15) is 5.82 Å². The average Bonchev–Trinajstić information content (AvgIpc) is 2.78. The second kappa shape index (κ2) is 8.81. The molecule has 3 heterocycles. The Morgan fingerprint density at radius 1 is 1.00 bits per heavy atom. The summed E-state index contributed by atoms with van der Waals surface area (Å²) in [4.78, 5) is 36.9. The molecule has 5 N–H and O–H groups in total. The molecule has 0 aliphatic heterocycles. The predicted octanol–water partition coefficient (Wildman–Crippen LogP) is 2.54. The Morgan fingerprint density at radius 2 is 1.84 bits per heavy atom. The number of rotatable bonds is 6. The zero-order valence-corrected chi connectivity index (χ0v) is 17.5. The number of nitrogens with one attached hydrogen (secondary N) is 1. The zero-order chi connectivity index (χ0) is 22.7. The van der Waals surface area contributed by atoms with Gasteiger partial charge in [-0.25, -0.2) is 4.98 Å². The van der Waals surface area contributed by atoms with Crippen molar-refractivity contribution in [2.75, 3.05) is 5.73 Å². The molecule has 4 aromatic rings. The van der Waals surface area contributed by atoms with Crippen molar-refractivity contribution in [2.24, 2.45) is 5.73 Å². The largest absolute Gasteiger partial charge is 0.384 e. The predicted molar refractivity (Wildman–Crippen MR) is 122 cm³/mol. The van der Waals surface area contributed by atoms with Crippen LogP contribution in [0.1, 0.15) is 43.2 Å². The van der Waals surface area contributed by atoms with E-state index in [1.807, 2.05) is 31.2 Å². The normalized spacial score (nSPS) is 10.8. The summed E-state index contributed by atoms with van der Waals surface area (Å²) in [5, 5.41) is 3.73. The molecule has 4 rings (SSSR count). The summed E-state index contributed by atoms with van der Waals surface area (Å²) in [5.74, 6) is -0.263. The number of amides is 2. The first-order valence-corrected chi connectivity index (χ1v) is 10.0. The van der Waals surface area contributed by atoms with Crippen molar-refractivity contribution >= 4 is 28.5 Å². The van der Waals surface area contributed by atoms with Crippen LogP contribution < -0.4 is 16.8 Å². The molecule has 0 unspecified atom stereocenters. The highest BCUT2D eigenvalue weighted by atomic mass is 16.2. The van der Waals surface area contributed by atoms with E-state index in [-0.39, 0.29) is 5.91 Å². The fourth-order valence-corrected chi connectivity index (χ4v) is 3.42. The number of pyridine rings is 3. The Balaban J connectivity index is 1.48. The van der Waals surface area contributed by atoms with E-state index in [1.165, 1.54) is 6.20 Å². The van der Waals surface area contributed by atoms with Gasteiger partial charge in [0, 0.05) is 47.7 Å². The molecule has 32 heavy (non-hydrogen) atoms. The summed E-state index contributed by atoms with van der Waals surface area (Å²) >= 11 is 0. The molecule has 8 heteroatoms. The van der Waals surface area contributed by atoms with Crippen molar-refractivity contribution in [3.8, 4) is 0 Å². The lowest BCUT2D eigenvalue weighted by molar-refractivity contribution is 0.0949. The van der Waals surface area contributed by atoms with E-state index in [4.69, 9.17) is 11.5 Å². The molecule has 160 valence electrons. The van der Waals surface area contributed by atoms with Crippen LogP contribution in [-0.4, -0.2) is 26.8 Å². The third-order valence-electron chi connectivity index (χ3n) is 5.15. The molecule has 8 nitrogen and oxygen atoms in total. The minimum atomic E-state index is -0.518. The lowest BCUT2D eigenvalue weighted by atomic mass is 10.0. The van der Waals surface area contributed by atoms with Gasteiger partial charge in [0.15, 0.2) is 0 Å². The summed E-state index contributed by atoms with van der Waals surface area (Å²) in [6.45, 7) is 2.21. The van der Waals surface area contributed by atoms with Gasteiger partial charge in [0.05, 0.1) is 11.1 Å². The van der Waals surface area contributed by atoms with Gasteiger partial charge in [-0.3, -0.25) is 19.6 Å². The summed E-state index contributed by atoms with van der Waals surface area (Å²) in [5.41, 5.74) is 16.1. The van der Waals surface area contributed by atoms with E-state index < -0.39 is 5.91 Å². The molecule has 0 aliphatic rings. The number of fused-ring (bicyclic) bond motifs is 1. The Kier molecular flexibility index (Phi) is 5.76. The maximum Gasteiger partial charge on any atom is 0.251 e. The molecule has 0 atom stereocenters. The number of aromatic nitrogens is 3. The Morgan fingerprint density at radius 3 is 2.62 bits per heavy atom. The number of carbonyl (C=O) groups is 2. The number of primary amides is 1. The van der Waals surface area contributed by atoms with Crippen molar-refractivity contribution in [3.63, 3.8) is 0 Å². The van der Waals surface area contributed by atoms with Gasteiger partial charge in [0.2, 0.25) is 5.91 Å². The smallest absolute Gasteiger partial charge is 0.251 e. The molecule has 0 spiro atoms. The molecule has 2 amide bonds. The first-order valence-electron chi connectivity index (χ1n) is 10.0. The van der Waals surface area contributed by atoms with Gasteiger partial charge < -0.3 is 16.8 Å². The van der Waals surface area contributed by atoms with Crippen molar-refractivity contribution in [3.05, 3.63) is 94.6 Å². The first-order chi connectivity index (χ1) is 15.4. The third-order valence-corrected chi connectivity index (χ3v) is 5.15. The standard InChI is InChI=1S/C24H22N6O2/c1-14-17(3-5-22(25)30-14)12-29-24(32)16-6-7-27-20(11-16)9-15-2-4-21-18(8-15)10-19(13-28-21)23(26)31/h2-8,10-11,13H,9,12H2,1H3,(H2,25,30)(H2,26,31)(H,29,32). The highest BCUT2D eigenvalue weighted by Crippen LogP contribution is 2.18. The topological polar surface area (TPSA) is 137 Å².